The minimum Gasteiger partial charge on any atom is -0.209 e. The summed E-state index contributed by atoms with van der Waals surface area (Å²) in [5, 5.41) is 0.963. The van der Waals surface area contributed by atoms with Crippen molar-refractivity contribution < 1.29 is 0 Å². The zero-order valence-corrected chi connectivity index (χ0v) is 9.39. The van der Waals surface area contributed by atoms with Crippen molar-refractivity contribution in [3.63, 3.8) is 0 Å². The largest absolute Gasteiger partial charge is 0.209 e. The highest BCUT2D eigenvalue weighted by molar-refractivity contribution is 9.10. The average Bonchev–Trinajstić information content (AvgIpc) is 2.53. The first-order valence-electron chi connectivity index (χ1n) is 3.82. The van der Waals surface area contributed by atoms with Gasteiger partial charge in [-0.15, -0.1) is 0 Å². The van der Waals surface area contributed by atoms with Crippen molar-refractivity contribution >= 4 is 27.5 Å². The molecule has 0 aliphatic heterocycles. The lowest BCUT2D eigenvalue weighted by atomic mass is 10.1. The van der Waals surface area contributed by atoms with Crippen molar-refractivity contribution in [3.05, 3.63) is 34.6 Å². The predicted octanol–water partition coefficient (Wildman–Crippen LogP) is 3.28. The Morgan fingerprint density at radius 2 is 2.08 bits per heavy atom. The third-order valence-electron chi connectivity index (χ3n) is 1.78. The summed E-state index contributed by atoms with van der Waals surface area (Å²) in [5.74, 6) is 0. The number of hydrogen-bond acceptors (Lipinski definition) is 3. The van der Waals surface area contributed by atoms with Crippen LogP contribution in [0.3, 0.4) is 0 Å². The third-order valence-corrected chi connectivity index (χ3v) is 3.11. The van der Waals surface area contributed by atoms with Crippen molar-refractivity contribution in [3.8, 4) is 10.6 Å². The van der Waals surface area contributed by atoms with E-state index in [0.29, 0.717) is 4.73 Å². The summed E-state index contributed by atoms with van der Waals surface area (Å²) < 4.78 is 4.74. The van der Waals surface area contributed by atoms with Crippen LogP contribution in [0.4, 0.5) is 0 Å². The molecule has 13 heavy (non-hydrogen) atoms. The van der Waals surface area contributed by atoms with E-state index in [1.807, 2.05) is 12.1 Å². The molecule has 1 aromatic heterocycles. The monoisotopic (exact) mass is 254 g/mol. The second kappa shape index (κ2) is 3.55. The molecule has 0 N–H and O–H groups in total. The van der Waals surface area contributed by atoms with Crippen LogP contribution in [0.1, 0.15) is 5.56 Å². The Bertz CT molecular complexity index is 425. The van der Waals surface area contributed by atoms with Gasteiger partial charge in [0.2, 0.25) is 4.73 Å². The van der Waals surface area contributed by atoms with Crippen LogP contribution in [-0.2, 0) is 0 Å². The maximum Gasteiger partial charge on any atom is 0.209 e. The van der Waals surface area contributed by atoms with Crippen molar-refractivity contribution in [2.75, 3.05) is 0 Å². The molecular formula is C9H7BrN2S. The molecule has 0 fully saturated rings. The molecule has 1 heterocycles. The molecule has 2 rings (SSSR count). The van der Waals surface area contributed by atoms with Crippen LogP contribution in [-0.4, -0.2) is 9.36 Å². The number of benzene rings is 1. The number of aromatic nitrogens is 2. The minimum atomic E-state index is 0.663. The van der Waals surface area contributed by atoms with E-state index in [-0.39, 0.29) is 0 Å². The molecule has 0 radical (unpaired) electrons. The molecule has 0 aliphatic carbocycles. The SMILES string of the molecule is Cc1ccccc1-c1nc(Br)ns1. The maximum absolute atomic E-state index is 4.27. The summed E-state index contributed by atoms with van der Waals surface area (Å²) >= 11 is 4.65. The topological polar surface area (TPSA) is 25.8 Å². The lowest BCUT2D eigenvalue weighted by Gasteiger charge is -1.98. The second-order valence-corrected chi connectivity index (χ2v) is 4.14. The molecule has 1 aromatic carbocycles. The van der Waals surface area contributed by atoms with Gasteiger partial charge in [0.05, 0.1) is 0 Å². The van der Waals surface area contributed by atoms with E-state index in [4.69, 9.17) is 0 Å². The lowest BCUT2D eigenvalue weighted by Crippen LogP contribution is -1.80. The van der Waals surface area contributed by atoms with Crippen LogP contribution in [0.25, 0.3) is 10.6 Å². The zero-order chi connectivity index (χ0) is 9.26. The fraction of sp³-hybridized carbons (Fsp3) is 0.111. The molecule has 0 spiro atoms. The minimum absolute atomic E-state index is 0.663. The normalized spacial score (nSPS) is 10.3. The van der Waals surface area contributed by atoms with E-state index in [1.54, 1.807) is 0 Å². The zero-order valence-electron chi connectivity index (χ0n) is 6.99. The molecule has 66 valence electrons. The quantitative estimate of drug-likeness (QED) is 0.781. The highest BCUT2D eigenvalue weighted by atomic mass is 79.9. The smallest absolute Gasteiger partial charge is 0.209 e. The van der Waals surface area contributed by atoms with Crippen LogP contribution in [0.5, 0.6) is 0 Å². The van der Waals surface area contributed by atoms with E-state index in [1.165, 1.54) is 17.1 Å². The highest BCUT2D eigenvalue weighted by Crippen LogP contribution is 2.25. The number of hydrogen-bond donors (Lipinski definition) is 0. The third kappa shape index (κ3) is 1.78. The van der Waals surface area contributed by atoms with E-state index >= 15 is 0 Å². The Morgan fingerprint density at radius 1 is 1.31 bits per heavy atom. The molecule has 0 atom stereocenters. The highest BCUT2D eigenvalue weighted by Gasteiger charge is 2.05. The van der Waals surface area contributed by atoms with E-state index in [2.05, 4.69) is 44.3 Å². The summed E-state index contributed by atoms with van der Waals surface area (Å²) in [6, 6.07) is 8.17. The van der Waals surface area contributed by atoms with Gasteiger partial charge in [0.25, 0.3) is 0 Å². The molecule has 2 aromatic rings. The Morgan fingerprint density at radius 3 is 2.69 bits per heavy atom. The second-order valence-electron chi connectivity index (χ2n) is 2.68. The lowest BCUT2D eigenvalue weighted by molar-refractivity contribution is 1.25. The Kier molecular flexibility index (Phi) is 2.42. The van der Waals surface area contributed by atoms with Crippen LogP contribution >= 0.6 is 27.5 Å². The van der Waals surface area contributed by atoms with Crippen LogP contribution < -0.4 is 0 Å². The summed E-state index contributed by atoms with van der Waals surface area (Å²) in [6.07, 6.45) is 0. The van der Waals surface area contributed by atoms with Gasteiger partial charge in [-0.25, -0.2) is 4.98 Å². The number of aryl methyl sites for hydroxylation is 1. The standard InChI is InChI=1S/C9H7BrN2S/c1-6-4-2-3-5-7(6)8-11-9(10)12-13-8/h2-5H,1H3. The van der Waals surface area contributed by atoms with Gasteiger partial charge in [-0.1, -0.05) is 24.3 Å². The average molecular weight is 255 g/mol. The van der Waals surface area contributed by atoms with Crippen LogP contribution in [0.2, 0.25) is 0 Å². The van der Waals surface area contributed by atoms with E-state index in [0.717, 1.165) is 10.6 Å². The molecule has 2 nitrogen and oxygen atoms in total. The summed E-state index contributed by atoms with van der Waals surface area (Å²) in [7, 11) is 0. The first-order chi connectivity index (χ1) is 6.27. The molecular weight excluding hydrogens is 248 g/mol. The van der Waals surface area contributed by atoms with Gasteiger partial charge < -0.3 is 0 Å². The summed E-state index contributed by atoms with van der Waals surface area (Å²) in [6.45, 7) is 2.07. The maximum atomic E-state index is 4.27. The Balaban J connectivity index is 2.52. The predicted molar refractivity (Wildman–Crippen MR) is 57.8 cm³/mol. The first kappa shape index (κ1) is 8.84. The van der Waals surface area contributed by atoms with Gasteiger partial charge in [-0.2, -0.15) is 4.37 Å². The van der Waals surface area contributed by atoms with Crippen molar-refractivity contribution in [2.45, 2.75) is 6.92 Å². The fourth-order valence-corrected chi connectivity index (χ4v) is 2.30. The van der Waals surface area contributed by atoms with Crippen LogP contribution in [0, 0.1) is 6.92 Å². The molecule has 0 unspecified atom stereocenters. The first-order valence-corrected chi connectivity index (χ1v) is 5.39. The number of rotatable bonds is 1. The van der Waals surface area contributed by atoms with Gasteiger partial charge in [-0.05, 0) is 39.9 Å². The van der Waals surface area contributed by atoms with Gasteiger partial charge in [-0.3, -0.25) is 0 Å². The fourth-order valence-electron chi connectivity index (χ4n) is 1.13. The summed E-state index contributed by atoms with van der Waals surface area (Å²) in [4.78, 5) is 4.27. The summed E-state index contributed by atoms with van der Waals surface area (Å²) in [5.41, 5.74) is 2.39. The van der Waals surface area contributed by atoms with E-state index in [9.17, 15) is 0 Å². The van der Waals surface area contributed by atoms with Crippen molar-refractivity contribution in [2.24, 2.45) is 0 Å². The molecule has 0 amide bonds. The number of halogens is 1. The Labute approximate surface area is 88.9 Å². The van der Waals surface area contributed by atoms with Crippen LogP contribution in [0.15, 0.2) is 29.0 Å². The molecule has 0 aliphatic rings. The van der Waals surface area contributed by atoms with Crippen molar-refractivity contribution in [1.29, 1.82) is 0 Å². The Hall–Kier alpha value is -0.740. The molecule has 4 heteroatoms. The molecule has 0 bridgehead atoms. The molecule has 0 saturated carbocycles. The van der Waals surface area contributed by atoms with Gasteiger partial charge >= 0.3 is 0 Å². The van der Waals surface area contributed by atoms with Crippen molar-refractivity contribution in [1.82, 2.24) is 9.36 Å². The van der Waals surface area contributed by atoms with Gasteiger partial charge in [0.1, 0.15) is 5.01 Å². The molecule has 0 saturated heterocycles. The van der Waals surface area contributed by atoms with E-state index < -0.39 is 0 Å². The van der Waals surface area contributed by atoms with Gasteiger partial charge in [0, 0.05) is 5.56 Å². The van der Waals surface area contributed by atoms with Gasteiger partial charge in [0.15, 0.2) is 0 Å². The number of nitrogens with zero attached hydrogens (tertiary/aromatic N) is 2.